The van der Waals surface area contributed by atoms with Crippen molar-refractivity contribution in [2.75, 3.05) is 0 Å². The predicted molar refractivity (Wildman–Crippen MR) is 95.0 cm³/mol. The summed E-state index contributed by atoms with van der Waals surface area (Å²) in [5.41, 5.74) is 2.20. The van der Waals surface area contributed by atoms with E-state index in [1.165, 1.54) is 9.13 Å². The monoisotopic (exact) mass is 335 g/mol. The van der Waals surface area contributed by atoms with Gasteiger partial charge in [-0.15, -0.1) is 0 Å². The SMILES string of the molecule is O=c1n(Cc2ccccc2)c2c(O)[nH]c(O)c2n1Cc1ccccc1. The standard InChI is InChI=1S/C19H17N3O3/c23-17-15-16(18(24)20-17)22(12-14-9-5-2-6-10-14)19(25)21(15)11-13-7-3-1-4-8-13/h1-10,20,23-24H,11-12H2. The Kier molecular flexibility index (Phi) is 3.57. The maximum absolute atomic E-state index is 13.0. The molecule has 2 heterocycles. The molecule has 2 aromatic heterocycles. The van der Waals surface area contributed by atoms with Crippen LogP contribution in [-0.2, 0) is 13.1 Å². The Bertz CT molecular complexity index is 993. The minimum atomic E-state index is -0.280. The maximum atomic E-state index is 13.0. The lowest BCUT2D eigenvalue weighted by Crippen LogP contribution is -2.25. The number of H-pyrrole nitrogens is 1. The number of imidazole rings is 1. The Balaban J connectivity index is 1.89. The minimum Gasteiger partial charge on any atom is -0.493 e. The number of nitrogens with one attached hydrogen (secondary N) is 1. The molecule has 0 aliphatic heterocycles. The number of rotatable bonds is 4. The third kappa shape index (κ3) is 2.57. The van der Waals surface area contributed by atoms with Gasteiger partial charge in [0.25, 0.3) is 0 Å². The molecule has 0 amide bonds. The largest absolute Gasteiger partial charge is 0.493 e. The van der Waals surface area contributed by atoms with Crippen molar-refractivity contribution in [2.24, 2.45) is 0 Å². The molecule has 0 saturated carbocycles. The third-order valence-corrected chi connectivity index (χ3v) is 4.28. The van der Waals surface area contributed by atoms with E-state index >= 15 is 0 Å². The van der Waals surface area contributed by atoms with Gasteiger partial charge in [-0.1, -0.05) is 60.7 Å². The number of fused-ring (bicyclic) bond motifs is 1. The molecule has 0 aliphatic rings. The molecule has 0 spiro atoms. The molecular weight excluding hydrogens is 318 g/mol. The molecule has 6 heteroatoms. The molecule has 4 rings (SSSR count). The highest BCUT2D eigenvalue weighted by Gasteiger charge is 2.22. The Hall–Kier alpha value is -3.41. The van der Waals surface area contributed by atoms with Crippen molar-refractivity contribution in [3.05, 3.63) is 82.3 Å². The summed E-state index contributed by atoms with van der Waals surface area (Å²) in [6, 6.07) is 19.0. The van der Waals surface area contributed by atoms with Gasteiger partial charge in [0, 0.05) is 0 Å². The molecule has 0 aliphatic carbocycles. The molecule has 0 atom stereocenters. The zero-order valence-corrected chi connectivity index (χ0v) is 13.4. The van der Waals surface area contributed by atoms with Crippen molar-refractivity contribution < 1.29 is 10.2 Å². The average Bonchev–Trinajstić information content (AvgIpc) is 3.06. The highest BCUT2D eigenvalue weighted by atomic mass is 16.3. The quantitative estimate of drug-likeness (QED) is 0.536. The first-order chi connectivity index (χ1) is 12.1. The number of hydrogen-bond donors (Lipinski definition) is 3. The number of hydrogen-bond acceptors (Lipinski definition) is 3. The van der Waals surface area contributed by atoms with Crippen LogP contribution in [0.15, 0.2) is 65.5 Å². The Labute approximate surface area is 143 Å². The van der Waals surface area contributed by atoms with Gasteiger partial charge in [0.05, 0.1) is 13.1 Å². The van der Waals surface area contributed by atoms with Crippen LogP contribution in [0.5, 0.6) is 11.8 Å². The van der Waals surface area contributed by atoms with Crippen molar-refractivity contribution in [1.82, 2.24) is 14.1 Å². The van der Waals surface area contributed by atoms with Crippen molar-refractivity contribution in [3.63, 3.8) is 0 Å². The number of aromatic amines is 1. The number of nitrogens with zero attached hydrogens (tertiary/aromatic N) is 2. The fraction of sp³-hybridized carbons (Fsp3) is 0.105. The second-order valence-electron chi connectivity index (χ2n) is 5.95. The Morgan fingerprint density at radius 2 is 1.12 bits per heavy atom. The average molecular weight is 335 g/mol. The molecule has 126 valence electrons. The van der Waals surface area contributed by atoms with Gasteiger partial charge in [0.2, 0.25) is 11.8 Å². The topological polar surface area (TPSA) is 83.2 Å². The maximum Gasteiger partial charge on any atom is 0.330 e. The van der Waals surface area contributed by atoms with E-state index in [4.69, 9.17) is 0 Å². The molecule has 25 heavy (non-hydrogen) atoms. The second kappa shape index (κ2) is 5.90. The van der Waals surface area contributed by atoms with Gasteiger partial charge in [0.1, 0.15) is 11.0 Å². The summed E-state index contributed by atoms with van der Waals surface area (Å²) in [5, 5.41) is 20.3. The fourth-order valence-corrected chi connectivity index (χ4v) is 3.13. The first-order valence-electron chi connectivity index (χ1n) is 7.96. The Morgan fingerprint density at radius 1 is 0.720 bits per heavy atom. The predicted octanol–water partition coefficient (Wildman–Crippen LogP) is 2.64. The van der Waals surface area contributed by atoms with E-state index in [2.05, 4.69) is 4.98 Å². The lowest BCUT2D eigenvalue weighted by Gasteiger charge is -2.05. The van der Waals surface area contributed by atoms with Gasteiger partial charge in [0.15, 0.2) is 0 Å². The Morgan fingerprint density at radius 3 is 1.52 bits per heavy atom. The minimum absolute atomic E-state index is 0.215. The van der Waals surface area contributed by atoms with Gasteiger partial charge >= 0.3 is 5.69 Å². The summed E-state index contributed by atoms with van der Waals surface area (Å²) in [4.78, 5) is 15.5. The van der Waals surface area contributed by atoms with Crippen LogP contribution in [0.2, 0.25) is 0 Å². The number of aromatic hydroxyl groups is 2. The van der Waals surface area contributed by atoms with Gasteiger partial charge < -0.3 is 10.2 Å². The zero-order chi connectivity index (χ0) is 17.4. The zero-order valence-electron chi connectivity index (χ0n) is 13.4. The molecule has 0 bridgehead atoms. The highest BCUT2D eigenvalue weighted by Crippen LogP contribution is 2.32. The van der Waals surface area contributed by atoms with E-state index in [0.29, 0.717) is 24.1 Å². The summed E-state index contributed by atoms with van der Waals surface area (Å²) in [6.45, 7) is 0.617. The van der Waals surface area contributed by atoms with E-state index in [9.17, 15) is 15.0 Å². The van der Waals surface area contributed by atoms with Gasteiger partial charge in [-0.05, 0) is 11.1 Å². The van der Waals surface area contributed by atoms with Crippen LogP contribution in [0, 0.1) is 0 Å². The summed E-state index contributed by atoms with van der Waals surface area (Å²) in [5.74, 6) is -0.431. The van der Waals surface area contributed by atoms with Crippen molar-refractivity contribution in [1.29, 1.82) is 0 Å². The number of aromatic nitrogens is 3. The van der Waals surface area contributed by atoms with Crippen LogP contribution in [0.25, 0.3) is 11.0 Å². The molecule has 0 saturated heterocycles. The van der Waals surface area contributed by atoms with Crippen molar-refractivity contribution in [2.45, 2.75) is 13.1 Å². The number of benzene rings is 2. The van der Waals surface area contributed by atoms with Crippen LogP contribution < -0.4 is 5.69 Å². The van der Waals surface area contributed by atoms with Gasteiger partial charge in [-0.25, -0.2) is 4.79 Å². The normalized spacial score (nSPS) is 11.2. The van der Waals surface area contributed by atoms with E-state index in [1.54, 1.807) is 0 Å². The van der Waals surface area contributed by atoms with E-state index < -0.39 is 0 Å². The molecule has 0 radical (unpaired) electrons. The smallest absolute Gasteiger partial charge is 0.330 e. The van der Waals surface area contributed by atoms with Crippen LogP contribution in [-0.4, -0.2) is 24.3 Å². The molecule has 3 N–H and O–H groups in total. The van der Waals surface area contributed by atoms with Crippen LogP contribution in [0.1, 0.15) is 11.1 Å². The lowest BCUT2D eigenvalue weighted by molar-refractivity contribution is 0.425. The van der Waals surface area contributed by atoms with Crippen LogP contribution >= 0.6 is 0 Å². The first kappa shape index (κ1) is 15.1. The second-order valence-corrected chi connectivity index (χ2v) is 5.95. The van der Waals surface area contributed by atoms with Crippen LogP contribution in [0.3, 0.4) is 0 Å². The highest BCUT2D eigenvalue weighted by molar-refractivity contribution is 5.87. The molecular formula is C19H17N3O3. The molecule has 0 fully saturated rings. The van der Waals surface area contributed by atoms with Crippen molar-refractivity contribution >= 4 is 11.0 Å². The molecule has 0 unspecified atom stereocenters. The van der Waals surface area contributed by atoms with Gasteiger partial charge in [-0.3, -0.25) is 14.1 Å². The molecule has 2 aromatic carbocycles. The fourth-order valence-electron chi connectivity index (χ4n) is 3.13. The van der Waals surface area contributed by atoms with Crippen molar-refractivity contribution in [3.8, 4) is 11.8 Å². The lowest BCUT2D eigenvalue weighted by atomic mass is 10.2. The summed E-state index contributed by atoms with van der Waals surface area (Å²) in [6.07, 6.45) is 0. The van der Waals surface area contributed by atoms with E-state index in [0.717, 1.165) is 11.1 Å². The van der Waals surface area contributed by atoms with E-state index in [-0.39, 0.29) is 17.4 Å². The van der Waals surface area contributed by atoms with Gasteiger partial charge in [-0.2, -0.15) is 0 Å². The summed E-state index contributed by atoms with van der Waals surface area (Å²) < 4.78 is 2.94. The molecule has 6 nitrogen and oxygen atoms in total. The summed E-state index contributed by atoms with van der Waals surface area (Å²) >= 11 is 0. The van der Waals surface area contributed by atoms with E-state index in [1.807, 2.05) is 60.7 Å². The summed E-state index contributed by atoms with van der Waals surface area (Å²) in [7, 11) is 0. The first-order valence-corrected chi connectivity index (χ1v) is 7.96. The van der Waals surface area contributed by atoms with Crippen LogP contribution in [0.4, 0.5) is 0 Å². The third-order valence-electron chi connectivity index (χ3n) is 4.28. The molecule has 4 aromatic rings.